The normalized spacial score (nSPS) is 13.8. The van der Waals surface area contributed by atoms with Gasteiger partial charge < -0.3 is 10.4 Å². The minimum atomic E-state index is -1.06. The zero-order valence-corrected chi connectivity index (χ0v) is 11.3. The third kappa shape index (κ3) is 2.90. The fourth-order valence-corrected chi connectivity index (χ4v) is 2.48. The third-order valence-electron chi connectivity index (χ3n) is 3.43. The van der Waals surface area contributed by atoms with Crippen LogP contribution in [0.5, 0.6) is 0 Å². The Morgan fingerprint density at radius 1 is 1.38 bits per heavy atom. The second-order valence-corrected chi connectivity index (χ2v) is 4.95. The van der Waals surface area contributed by atoms with E-state index in [1.54, 1.807) is 12.1 Å². The molecule has 0 bridgehead atoms. The maximum Gasteiger partial charge on any atom is 0.354 e. The average Bonchev–Trinajstić information content (AvgIpc) is 2.46. The molecule has 108 valence electrons. The van der Waals surface area contributed by atoms with Crippen molar-refractivity contribution in [1.82, 2.24) is 15.3 Å². The Balaban J connectivity index is 1.99. The zero-order valence-electron chi connectivity index (χ0n) is 11.3. The van der Waals surface area contributed by atoms with E-state index in [4.69, 9.17) is 0 Å². The molecule has 5 nitrogen and oxygen atoms in total. The van der Waals surface area contributed by atoms with E-state index in [-0.39, 0.29) is 11.5 Å². The predicted molar refractivity (Wildman–Crippen MR) is 73.6 cm³/mol. The number of halogens is 1. The number of aromatic carboxylic acids is 1. The highest BCUT2D eigenvalue weighted by Crippen LogP contribution is 2.17. The highest BCUT2D eigenvalue weighted by atomic mass is 19.1. The first-order valence-corrected chi connectivity index (χ1v) is 6.70. The van der Waals surface area contributed by atoms with Crippen LogP contribution < -0.4 is 5.32 Å². The summed E-state index contributed by atoms with van der Waals surface area (Å²) in [7, 11) is 0. The Morgan fingerprint density at radius 3 is 3.00 bits per heavy atom. The molecular formula is C15H14FN3O2. The van der Waals surface area contributed by atoms with Gasteiger partial charge in [0.05, 0.1) is 5.69 Å². The van der Waals surface area contributed by atoms with Gasteiger partial charge in [-0.2, -0.15) is 0 Å². The molecule has 0 fully saturated rings. The monoisotopic (exact) mass is 287 g/mol. The van der Waals surface area contributed by atoms with Crippen LogP contribution in [0.2, 0.25) is 0 Å². The molecule has 1 aliphatic rings. The number of hydrogen-bond acceptors (Lipinski definition) is 4. The number of benzene rings is 1. The highest BCUT2D eigenvalue weighted by Gasteiger charge is 2.21. The molecule has 0 radical (unpaired) electrons. The fourth-order valence-electron chi connectivity index (χ4n) is 2.48. The lowest BCUT2D eigenvalue weighted by atomic mass is 10.0. The van der Waals surface area contributed by atoms with E-state index in [0.29, 0.717) is 30.8 Å². The van der Waals surface area contributed by atoms with Gasteiger partial charge >= 0.3 is 5.97 Å². The van der Waals surface area contributed by atoms with Crippen molar-refractivity contribution in [2.45, 2.75) is 19.4 Å². The molecule has 0 atom stereocenters. The van der Waals surface area contributed by atoms with E-state index in [2.05, 4.69) is 15.3 Å². The summed E-state index contributed by atoms with van der Waals surface area (Å²) in [6, 6.07) is 6.16. The number of hydrogen-bond donors (Lipinski definition) is 2. The number of fused-ring (bicyclic) bond motifs is 1. The molecule has 0 saturated carbocycles. The highest BCUT2D eigenvalue weighted by molar-refractivity contribution is 5.87. The summed E-state index contributed by atoms with van der Waals surface area (Å²) < 4.78 is 13.2. The van der Waals surface area contributed by atoms with E-state index in [1.807, 2.05) is 0 Å². The molecular weight excluding hydrogens is 273 g/mol. The first kappa shape index (κ1) is 13.6. The average molecular weight is 287 g/mol. The fraction of sp³-hybridized carbons (Fsp3) is 0.267. The van der Waals surface area contributed by atoms with Crippen molar-refractivity contribution in [1.29, 1.82) is 0 Å². The largest absolute Gasteiger partial charge is 0.476 e. The van der Waals surface area contributed by atoms with Gasteiger partial charge in [0, 0.05) is 31.5 Å². The van der Waals surface area contributed by atoms with Gasteiger partial charge in [-0.15, -0.1) is 0 Å². The van der Waals surface area contributed by atoms with Gasteiger partial charge in [-0.25, -0.2) is 19.2 Å². The Hall–Kier alpha value is -2.34. The van der Waals surface area contributed by atoms with Gasteiger partial charge in [-0.1, -0.05) is 12.1 Å². The molecule has 0 spiro atoms. The van der Waals surface area contributed by atoms with Gasteiger partial charge in [-0.05, 0) is 17.7 Å². The number of nitrogens with one attached hydrogen (secondary N) is 1. The Morgan fingerprint density at radius 2 is 2.24 bits per heavy atom. The summed E-state index contributed by atoms with van der Waals surface area (Å²) in [5.74, 6) is -0.968. The van der Waals surface area contributed by atoms with Crippen molar-refractivity contribution in [2.24, 2.45) is 0 Å². The summed E-state index contributed by atoms with van der Waals surface area (Å²) >= 11 is 0. The molecule has 2 aromatic rings. The summed E-state index contributed by atoms with van der Waals surface area (Å²) in [6.45, 7) is 1.24. The molecule has 3 rings (SSSR count). The number of carboxylic acid groups (broad SMARTS) is 1. The van der Waals surface area contributed by atoms with Gasteiger partial charge in [0.1, 0.15) is 11.6 Å². The minimum absolute atomic E-state index is 0.0404. The van der Waals surface area contributed by atoms with E-state index in [0.717, 1.165) is 17.8 Å². The molecule has 1 aromatic heterocycles. The molecule has 0 saturated heterocycles. The molecule has 1 aliphatic heterocycles. The lowest BCUT2D eigenvalue weighted by Crippen LogP contribution is -2.28. The predicted octanol–water partition coefficient (Wildman–Crippen LogP) is 1.55. The number of aromatic nitrogens is 2. The zero-order chi connectivity index (χ0) is 14.8. The van der Waals surface area contributed by atoms with Crippen LogP contribution in [0.25, 0.3) is 0 Å². The SMILES string of the molecule is O=C(O)c1nc(Cc2cccc(F)c2)nc2c1CNCC2. The number of rotatable bonds is 3. The van der Waals surface area contributed by atoms with Crippen LogP contribution >= 0.6 is 0 Å². The van der Waals surface area contributed by atoms with Crippen molar-refractivity contribution in [2.75, 3.05) is 6.54 Å². The van der Waals surface area contributed by atoms with Crippen molar-refractivity contribution in [3.05, 3.63) is 58.4 Å². The first-order chi connectivity index (χ1) is 10.1. The topological polar surface area (TPSA) is 75.1 Å². The number of carbonyl (C=O) groups is 1. The van der Waals surface area contributed by atoms with E-state index >= 15 is 0 Å². The lowest BCUT2D eigenvalue weighted by molar-refractivity contribution is 0.0688. The van der Waals surface area contributed by atoms with Gasteiger partial charge in [-0.3, -0.25) is 0 Å². The summed E-state index contributed by atoms with van der Waals surface area (Å²) in [6.07, 6.45) is 0.993. The summed E-state index contributed by atoms with van der Waals surface area (Å²) in [5, 5.41) is 12.4. The van der Waals surface area contributed by atoms with Crippen LogP contribution in [-0.4, -0.2) is 27.6 Å². The Kier molecular flexibility index (Phi) is 3.62. The molecule has 0 unspecified atom stereocenters. The maximum atomic E-state index is 13.2. The second-order valence-electron chi connectivity index (χ2n) is 4.95. The first-order valence-electron chi connectivity index (χ1n) is 6.70. The molecule has 0 aliphatic carbocycles. The van der Waals surface area contributed by atoms with Crippen molar-refractivity contribution in [3.63, 3.8) is 0 Å². The number of carboxylic acids is 1. The molecule has 21 heavy (non-hydrogen) atoms. The minimum Gasteiger partial charge on any atom is -0.476 e. The molecule has 1 aromatic carbocycles. The molecule has 2 heterocycles. The van der Waals surface area contributed by atoms with Crippen LogP contribution in [0.3, 0.4) is 0 Å². The van der Waals surface area contributed by atoms with Crippen LogP contribution in [0.4, 0.5) is 4.39 Å². The molecule has 0 amide bonds. The van der Waals surface area contributed by atoms with Gasteiger partial charge in [0.2, 0.25) is 0 Å². The molecule has 6 heteroatoms. The van der Waals surface area contributed by atoms with Crippen molar-refractivity contribution < 1.29 is 14.3 Å². The third-order valence-corrected chi connectivity index (χ3v) is 3.43. The quantitative estimate of drug-likeness (QED) is 0.896. The molecule has 2 N–H and O–H groups in total. The van der Waals surface area contributed by atoms with Gasteiger partial charge in [0.15, 0.2) is 5.69 Å². The summed E-state index contributed by atoms with van der Waals surface area (Å²) in [5.41, 5.74) is 2.18. The summed E-state index contributed by atoms with van der Waals surface area (Å²) in [4.78, 5) is 19.9. The standard InChI is InChI=1S/C15H14FN3O2/c16-10-3-1-2-9(6-10)7-13-18-12-4-5-17-8-11(12)14(19-13)15(20)21/h1-3,6,17H,4-5,7-8H2,(H,20,21). The number of nitrogens with zero attached hydrogens (tertiary/aromatic N) is 2. The second kappa shape index (κ2) is 5.57. The lowest BCUT2D eigenvalue weighted by Gasteiger charge is -2.18. The van der Waals surface area contributed by atoms with Crippen LogP contribution in [0.1, 0.15) is 33.1 Å². The van der Waals surface area contributed by atoms with Crippen LogP contribution in [0, 0.1) is 5.82 Å². The maximum absolute atomic E-state index is 13.2. The smallest absolute Gasteiger partial charge is 0.354 e. The Labute approximate surface area is 120 Å². The van der Waals surface area contributed by atoms with Crippen LogP contribution in [0.15, 0.2) is 24.3 Å². The van der Waals surface area contributed by atoms with Crippen LogP contribution in [-0.2, 0) is 19.4 Å². The van der Waals surface area contributed by atoms with E-state index < -0.39 is 5.97 Å². The van der Waals surface area contributed by atoms with Crippen molar-refractivity contribution in [3.8, 4) is 0 Å². The Bertz CT molecular complexity index is 703. The van der Waals surface area contributed by atoms with E-state index in [1.165, 1.54) is 12.1 Å². The van der Waals surface area contributed by atoms with E-state index in [9.17, 15) is 14.3 Å². The van der Waals surface area contributed by atoms with Crippen molar-refractivity contribution >= 4 is 5.97 Å². The van der Waals surface area contributed by atoms with Gasteiger partial charge in [0.25, 0.3) is 0 Å².